The molecule has 0 spiro atoms. The van der Waals surface area contributed by atoms with Gasteiger partial charge in [0.2, 0.25) is 0 Å². The predicted octanol–water partition coefficient (Wildman–Crippen LogP) is 8.54. The Bertz CT molecular complexity index is 1810. The van der Waals surface area contributed by atoms with Gasteiger partial charge in [0, 0.05) is 27.2 Å². The molecule has 8 nitrogen and oxygen atoms in total. The first-order chi connectivity index (χ1) is 23.9. The van der Waals surface area contributed by atoms with E-state index < -0.39 is 24.0 Å². The molecule has 9 heteroatoms. The topological polar surface area (TPSA) is 89.5 Å². The number of halogens is 1. The zero-order valence-corrected chi connectivity index (χ0v) is 29.6. The lowest BCUT2D eigenvalue weighted by Gasteiger charge is -2.27. The van der Waals surface area contributed by atoms with Crippen LogP contribution in [0.2, 0.25) is 0 Å². The van der Waals surface area contributed by atoms with Crippen molar-refractivity contribution in [3.05, 3.63) is 153 Å². The third kappa shape index (κ3) is 9.47. The molecule has 5 aromatic rings. The molecule has 0 aliphatic heterocycles. The van der Waals surface area contributed by atoms with Gasteiger partial charge in [0.1, 0.15) is 42.6 Å². The summed E-state index contributed by atoms with van der Waals surface area (Å²) in [4.78, 5) is 27.4. The highest BCUT2D eigenvalue weighted by atomic mass is 127. The fourth-order valence-electron chi connectivity index (χ4n) is 5.22. The molecule has 0 saturated carbocycles. The summed E-state index contributed by atoms with van der Waals surface area (Å²) in [7, 11) is 2.94. The highest BCUT2D eigenvalue weighted by molar-refractivity contribution is 14.1. The molecule has 1 unspecified atom stereocenters. The third-order valence-electron chi connectivity index (χ3n) is 7.62. The summed E-state index contributed by atoms with van der Waals surface area (Å²) in [5.74, 6) is -0.763. The number of hydrogen-bond donors (Lipinski definition) is 0. The van der Waals surface area contributed by atoms with Gasteiger partial charge in [0.05, 0.1) is 9.49 Å². The number of rotatable bonds is 16. The van der Waals surface area contributed by atoms with Gasteiger partial charge in [-0.25, -0.2) is 0 Å². The molecule has 5 aromatic carbocycles. The molecule has 0 N–H and O–H groups in total. The first-order valence-corrected chi connectivity index (χ1v) is 16.7. The predicted molar refractivity (Wildman–Crippen MR) is 194 cm³/mol. The number of carbonyl (C=O) groups excluding carboxylic acids is 2. The number of methoxy groups -OCH3 is 2. The summed E-state index contributed by atoms with van der Waals surface area (Å²) in [6, 6.07) is 37.9. The van der Waals surface area contributed by atoms with Crippen molar-refractivity contribution in [2.45, 2.75) is 39.0 Å². The van der Waals surface area contributed by atoms with Crippen LogP contribution < -0.4 is 18.9 Å². The van der Waals surface area contributed by atoms with Crippen LogP contribution in [0, 0.1) is 3.57 Å². The zero-order valence-electron chi connectivity index (χ0n) is 27.5. The van der Waals surface area contributed by atoms with Gasteiger partial charge in [0.25, 0.3) is 0 Å². The molecule has 0 fully saturated rings. The second-order valence-corrected chi connectivity index (χ2v) is 12.1. The highest BCUT2D eigenvalue weighted by Gasteiger charge is 2.37. The molecule has 5 rings (SSSR count). The SMILES string of the molecule is COC(OC)C(C(=O)c1c(OCc2ccccc2)cc(OCc2ccccc2)c(I)c1OC(C)=O)c1ccc(OCc2ccccc2)cc1. The Morgan fingerprint density at radius 3 is 1.57 bits per heavy atom. The average molecular weight is 773 g/mol. The average Bonchev–Trinajstić information content (AvgIpc) is 3.13. The van der Waals surface area contributed by atoms with E-state index >= 15 is 0 Å². The Kier molecular flexibility index (Phi) is 12.8. The molecule has 0 aromatic heterocycles. The summed E-state index contributed by atoms with van der Waals surface area (Å²) in [6.07, 6.45) is -0.984. The fraction of sp³-hybridized carbons (Fsp3) is 0.200. The van der Waals surface area contributed by atoms with Crippen LogP contribution in [0.3, 0.4) is 0 Å². The monoisotopic (exact) mass is 772 g/mol. The Balaban J connectivity index is 1.56. The first kappa shape index (κ1) is 35.6. The molecule has 0 saturated heterocycles. The molecule has 252 valence electrons. The minimum Gasteiger partial charge on any atom is -0.489 e. The van der Waals surface area contributed by atoms with E-state index in [2.05, 4.69) is 0 Å². The maximum Gasteiger partial charge on any atom is 0.308 e. The minimum atomic E-state index is -0.984. The summed E-state index contributed by atoms with van der Waals surface area (Å²) in [5.41, 5.74) is 3.53. The van der Waals surface area contributed by atoms with Crippen molar-refractivity contribution in [3.8, 4) is 23.0 Å². The van der Waals surface area contributed by atoms with Gasteiger partial charge in [-0.05, 0) is 57.0 Å². The van der Waals surface area contributed by atoms with Crippen molar-refractivity contribution in [1.29, 1.82) is 0 Å². The second-order valence-electron chi connectivity index (χ2n) is 11.1. The van der Waals surface area contributed by atoms with Crippen molar-refractivity contribution < 1.29 is 38.0 Å². The number of ketones is 1. The summed E-state index contributed by atoms with van der Waals surface area (Å²) in [6.45, 7) is 2.07. The highest BCUT2D eigenvalue weighted by Crippen LogP contribution is 2.44. The van der Waals surface area contributed by atoms with E-state index in [4.69, 9.17) is 28.4 Å². The van der Waals surface area contributed by atoms with Gasteiger partial charge in [-0.15, -0.1) is 0 Å². The lowest BCUT2D eigenvalue weighted by molar-refractivity contribution is -0.131. The normalized spacial score (nSPS) is 11.5. The number of hydrogen-bond acceptors (Lipinski definition) is 8. The van der Waals surface area contributed by atoms with Crippen LogP contribution in [0.15, 0.2) is 121 Å². The van der Waals surface area contributed by atoms with Crippen LogP contribution in [-0.4, -0.2) is 32.3 Å². The number of ether oxygens (including phenoxy) is 6. The van der Waals surface area contributed by atoms with Gasteiger partial charge in [0.15, 0.2) is 17.8 Å². The van der Waals surface area contributed by atoms with E-state index in [1.165, 1.54) is 21.1 Å². The molecule has 0 amide bonds. The standard InChI is InChI=1S/C40H37IO8/c1-27(42)49-39-36(33(47-25-29-15-9-5-10-16-29)23-34(37(39)41)48-26-30-17-11-6-12-18-30)38(43)35(40(44-2)45-3)31-19-21-32(22-20-31)46-24-28-13-7-4-8-14-28/h4-23,35,40H,24-26H2,1-3H3. The lowest BCUT2D eigenvalue weighted by Crippen LogP contribution is -2.30. The summed E-state index contributed by atoms with van der Waals surface area (Å²) in [5, 5.41) is 0. The van der Waals surface area contributed by atoms with Crippen molar-refractivity contribution >= 4 is 34.3 Å². The van der Waals surface area contributed by atoms with E-state index in [9.17, 15) is 9.59 Å². The number of benzene rings is 5. The van der Waals surface area contributed by atoms with Crippen molar-refractivity contribution in [2.24, 2.45) is 0 Å². The molecule has 1 atom stereocenters. The Labute approximate surface area is 300 Å². The van der Waals surface area contributed by atoms with E-state index in [-0.39, 0.29) is 30.3 Å². The van der Waals surface area contributed by atoms with Crippen LogP contribution in [0.4, 0.5) is 0 Å². The molecule has 0 aliphatic rings. The van der Waals surface area contributed by atoms with Crippen LogP contribution in [0.1, 0.15) is 45.5 Å². The van der Waals surface area contributed by atoms with E-state index in [0.29, 0.717) is 27.2 Å². The lowest BCUT2D eigenvalue weighted by atomic mass is 9.88. The fourth-order valence-corrected chi connectivity index (χ4v) is 5.91. The van der Waals surface area contributed by atoms with Gasteiger partial charge in [-0.2, -0.15) is 0 Å². The number of Topliss-reactive ketones (excluding diaryl/α,β-unsaturated/α-hetero) is 1. The zero-order chi connectivity index (χ0) is 34.6. The van der Waals surface area contributed by atoms with Gasteiger partial charge in [-0.1, -0.05) is 103 Å². The van der Waals surface area contributed by atoms with Crippen LogP contribution in [0.5, 0.6) is 23.0 Å². The summed E-state index contributed by atoms with van der Waals surface area (Å²) >= 11 is 2.04. The maximum atomic E-state index is 14.9. The Morgan fingerprint density at radius 2 is 1.10 bits per heavy atom. The smallest absolute Gasteiger partial charge is 0.308 e. The minimum absolute atomic E-state index is 0.0329. The van der Waals surface area contributed by atoms with Crippen molar-refractivity contribution in [2.75, 3.05) is 14.2 Å². The molecule has 49 heavy (non-hydrogen) atoms. The van der Waals surface area contributed by atoms with Crippen LogP contribution in [0.25, 0.3) is 0 Å². The number of carbonyl (C=O) groups is 2. The molecule has 0 aliphatic carbocycles. The Morgan fingerprint density at radius 1 is 0.633 bits per heavy atom. The van der Waals surface area contributed by atoms with Crippen LogP contribution in [-0.2, 0) is 34.1 Å². The van der Waals surface area contributed by atoms with E-state index in [1.54, 1.807) is 30.3 Å². The molecule has 0 radical (unpaired) electrons. The van der Waals surface area contributed by atoms with Crippen molar-refractivity contribution in [1.82, 2.24) is 0 Å². The maximum absolute atomic E-state index is 14.9. The largest absolute Gasteiger partial charge is 0.489 e. The third-order valence-corrected chi connectivity index (χ3v) is 8.65. The van der Waals surface area contributed by atoms with Gasteiger partial charge in [-0.3, -0.25) is 9.59 Å². The Hall–Kier alpha value is -4.71. The molecule has 0 bridgehead atoms. The number of esters is 1. The molecule has 0 heterocycles. The van der Waals surface area contributed by atoms with Gasteiger partial charge >= 0.3 is 5.97 Å². The van der Waals surface area contributed by atoms with Crippen molar-refractivity contribution in [3.63, 3.8) is 0 Å². The quantitative estimate of drug-likeness (QED) is 0.0324. The summed E-state index contributed by atoms with van der Waals surface area (Å²) < 4.78 is 36.1. The van der Waals surface area contributed by atoms with E-state index in [1.807, 2.05) is 114 Å². The van der Waals surface area contributed by atoms with Gasteiger partial charge < -0.3 is 28.4 Å². The first-order valence-electron chi connectivity index (χ1n) is 15.6. The van der Waals surface area contributed by atoms with Crippen LogP contribution >= 0.6 is 22.6 Å². The molecular formula is C40H37IO8. The second kappa shape index (κ2) is 17.6. The molecular weight excluding hydrogens is 735 g/mol. The van der Waals surface area contributed by atoms with E-state index in [0.717, 1.165) is 16.7 Å².